The van der Waals surface area contributed by atoms with E-state index >= 15 is 0 Å². The largest absolute Gasteiger partial charge is 0.492 e. The van der Waals surface area contributed by atoms with E-state index in [-0.39, 0.29) is 11.3 Å². The predicted octanol–water partition coefficient (Wildman–Crippen LogP) is 2.17. The maximum atomic E-state index is 13.1. The first-order chi connectivity index (χ1) is 9.61. The summed E-state index contributed by atoms with van der Waals surface area (Å²) in [4.78, 5) is 26.2. The highest BCUT2D eigenvalue weighted by atomic mass is 19.1. The van der Waals surface area contributed by atoms with Gasteiger partial charge < -0.3 is 15.0 Å². The molecule has 0 saturated heterocycles. The maximum Gasteiger partial charge on any atom is 0.261 e. The van der Waals surface area contributed by atoms with Crippen LogP contribution in [0.5, 0.6) is 5.75 Å². The molecule has 0 bridgehead atoms. The zero-order valence-corrected chi connectivity index (χ0v) is 10.8. The van der Waals surface area contributed by atoms with Crippen LogP contribution in [0.4, 0.5) is 10.1 Å². The summed E-state index contributed by atoms with van der Waals surface area (Å²) >= 11 is 0. The molecule has 1 heterocycles. The van der Waals surface area contributed by atoms with Crippen LogP contribution in [0.1, 0.15) is 17.3 Å². The van der Waals surface area contributed by atoms with Gasteiger partial charge in [-0.25, -0.2) is 4.39 Å². The minimum Gasteiger partial charge on any atom is -0.492 e. The van der Waals surface area contributed by atoms with Gasteiger partial charge >= 0.3 is 0 Å². The van der Waals surface area contributed by atoms with E-state index in [0.29, 0.717) is 12.3 Å². The van der Waals surface area contributed by atoms with Crippen LogP contribution >= 0.6 is 0 Å². The summed E-state index contributed by atoms with van der Waals surface area (Å²) in [6.07, 6.45) is 2.74. The number of hydrogen-bond acceptors (Lipinski definition) is 3. The molecule has 2 aromatic rings. The van der Waals surface area contributed by atoms with Crippen molar-refractivity contribution in [1.29, 1.82) is 0 Å². The number of carbonyl (C=O) groups is 1. The first-order valence-corrected chi connectivity index (χ1v) is 6.02. The molecule has 0 atom stereocenters. The van der Waals surface area contributed by atoms with E-state index in [9.17, 15) is 14.0 Å². The number of anilines is 1. The molecule has 20 heavy (non-hydrogen) atoms. The summed E-state index contributed by atoms with van der Waals surface area (Å²) in [5, 5.41) is 2.53. The Hall–Kier alpha value is -2.63. The van der Waals surface area contributed by atoms with Crippen molar-refractivity contribution in [2.45, 2.75) is 6.92 Å². The number of nitrogens with one attached hydrogen (secondary N) is 2. The van der Waals surface area contributed by atoms with Crippen molar-refractivity contribution in [2.24, 2.45) is 0 Å². The van der Waals surface area contributed by atoms with E-state index in [1.807, 2.05) is 0 Å². The monoisotopic (exact) mass is 276 g/mol. The van der Waals surface area contributed by atoms with Crippen molar-refractivity contribution in [2.75, 3.05) is 11.9 Å². The van der Waals surface area contributed by atoms with Gasteiger partial charge in [0.1, 0.15) is 17.1 Å². The Balaban J connectivity index is 2.28. The molecule has 0 aliphatic carbocycles. The number of aromatic amines is 1. The van der Waals surface area contributed by atoms with Gasteiger partial charge in [-0.05, 0) is 19.1 Å². The Morgan fingerprint density at radius 1 is 1.40 bits per heavy atom. The van der Waals surface area contributed by atoms with Crippen LogP contribution < -0.4 is 15.5 Å². The van der Waals surface area contributed by atoms with Crippen LogP contribution in [-0.4, -0.2) is 17.5 Å². The fourth-order valence-electron chi connectivity index (χ4n) is 1.66. The van der Waals surface area contributed by atoms with Crippen LogP contribution in [0.3, 0.4) is 0 Å². The second-order valence-electron chi connectivity index (χ2n) is 3.95. The van der Waals surface area contributed by atoms with Crippen molar-refractivity contribution in [3.8, 4) is 5.75 Å². The third-order valence-electron chi connectivity index (χ3n) is 2.56. The molecule has 0 radical (unpaired) electrons. The number of rotatable bonds is 4. The number of benzene rings is 1. The molecular formula is C14H13FN2O3. The van der Waals surface area contributed by atoms with Gasteiger partial charge in [0.05, 0.1) is 12.3 Å². The zero-order valence-electron chi connectivity index (χ0n) is 10.8. The lowest BCUT2D eigenvalue weighted by atomic mass is 10.2. The minimum absolute atomic E-state index is 0.0285. The third kappa shape index (κ3) is 3.03. The molecule has 1 aromatic carbocycles. The van der Waals surface area contributed by atoms with Gasteiger partial charge in [-0.1, -0.05) is 0 Å². The highest BCUT2D eigenvalue weighted by Crippen LogP contribution is 2.25. The molecule has 5 nitrogen and oxygen atoms in total. The number of ether oxygens (including phenoxy) is 1. The molecule has 1 amide bonds. The predicted molar refractivity (Wildman–Crippen MR) is 72.6 cm³/mol. The second-order valence-corrected chi connectivity index (χ2v) is 3.95. The normalized spacial score (nSPS) is 10.1. The Morgan fingerprint density at radius 2 is 2.20 bits per heavy atom. The number of hydrogen-bond donors (Lipinski definition) is 2. The van der Waals surface area contributed by atoms with Crippen LogP contribution in [0.25, 0.3) is 0 Å². The van der Waals surface area contributed by atoms with Crippen molar-refractivity contribution in [3.05, 3.63) is 58.3 Å². The number of aromatic nitrogens is 1. The van der Waals surface area contributed by atoms with E-state index in [1.165, 1.54) is 36.7 Å². The highest BCUT2D eigenvalue weighted by Gasteiger charge is 2.13. The average molecular weight is 276 g/mol. The molecule has 0 saturated carbocycles. The van der Waals surface area contributed by atoms with Gasteiger partial charge in [0.25, 0.3) is 5.91 Å². The Morgan fingerprint density at radius 3 is 2.90 bits per heavy atom. The third-order valence-corrected chi connectivity index (χ3v) is 2.56. The maximum absolute atomic E-state index is 13.1. The quantitative estimate of drug-likeness (QED) is 0.899. The van der Waals surface area contributed by atoms with Gasteiger partial charge in [-0.2, -0.15) is 0 Å². The van der Waals surface area contributed by atoms with E-state index in [4.69, 9.17) is 4.74 Å². The molecule has 2 N–H and O–H groups in total. The summed E-state index contributed by atoms with van der Waals surface area (Å²) in [6.45, 7) is 2.08. The fraction of sp³-hybridized carbons (Fsp3) is 0.143. The molecule has 0 spiro atoms. The molecule has 0 fully saturated rings. The molecule has 1 aromatic heterocycles. The van der Waals surface area contributed by atoms with Crippen LogP contribution in [0, 0.1) is 5.82 Å². The van der Waals surface area contributed by atoms with Crippen molar-refractivity contribution >= 4 is 11.6 Å². The number of carbonyl (C=O) groups excluding carboxylic acids is 1. The number of halogens is 1. The minimum atomic E-state index is -0.584. The van der Waals surface area contributed by atoms with Crippen molar-refractivity contribution in [3.63, 3.8) is 0 Å². The van der Waals surface area contributed by atoms with Gasteiger partial charge in [-0.15, -0.1) is 0 Å². The number of pyridine rings is 1. The second kappa shape index (κ2) is 6.01. The van der Waals surface area contributed by atoms with E-state index in [0.717, 1.165) is 0 Å². The van der Waals surface area contributed by atoms with E-state index in [1.54, 1.807) is 6.92 Å². The topological polar surface area (TPSA) is 71.2 Å². The molecular weight excluding hydrogens is 263 g/mol. The summed E-state index contributed by atoms with van der Waals surface area (Å²) in [5.41, 5.74) is -0.123. The van der Waals surface area contributed by atoms with E-state index in [2.05, 4.69) is 10.3 Å². The van der Waals surface area contributed by atoms with Crippen LogP contribution in [0.15, 0.2) is 41.5 Å². The molecule has 0 aliphatic rings. The summed E-state index contributed by atoms with van der Waals surface area (Å²) < 4.78 is 18.4. The lowest BCUT2D eigenvalue weighted by Crippen LogP contribution is -2.21. The first kappa shape index (κ1) is 13.8. The molecule has 0 unspecified atom stereocenters. The van der Waals surface area contributed by atoms with Crippen molar-refractivity contribution < 1.29 is 13.9 Å². The Bertz CT molecular complexity index is 682. The van der Waals surface area contributed by atoms with Gasteiger partial charge in [0.2, 0.25) is 0 Å². The number of amides is 1. The molecule has 6 heteroatoms. The number of H-pyrrole nitrogens is 1. The Labute approximate surface area is 114 Å². The smallest absolute Gasteiger partial charge is 0.261 e. The SMILES string of the molecule is CCOc1cc(F)ccc1NC(=O)c1c[nH]ccc1=O. The lowest BCUT2D eigenvalue weighted by Gasteiger charge is -2.11. The van der Waals surface area contributed by atoms with Crippen molar-refractivity contribution in [1.82, 2.24) is 4.98 Å². The Kier molecular flexibility index (Phi) is 4.14. The highest BCUT2D eigenvalue weighted by molar-refractivity contribution is 6.04. The zero-order chi connectivity index (χ0) is 14.5. The van der Waals surface area contributed by atoms with Crippen LogP contribution in [-0.2, 0) is 0 Å². The average Bonchev–Trinajstić information content (AvgIpc) is 2.42. The van der Waals surface area contributed by atoms with Gasteiger partial charge in [0.15, 0.2) is 5.43 Å². The van der Waals surface area contributed by atoms with E-state index < -0.39 is 17.2 Å². The van der Waals surface area contributed by atoms with Gasteiger partial charge in [-0.3, -0.25) is 9.59 Å². The fourth-order valence-corrected chi connectivity index (χ4v) is 1.66. The molecule has 104 valence electrons. The van der Waals surface area contributed by atoms with Gasteiger partial charge in [0, 0.05) is 24.5 Å². The standard InChI is InChI=1S/C14H13FN2O3/c1-2-20-13-7-9(15)3-4-11(13)17-14(19)10-8-16-6-5-12(10)18/h3-8H,2H2,1H3,(H,16,18)(H,17,19). The lowest BCUT2D eigenvalue weighted by molar-refractivity contribution is 0.102. The summed E-state index contributed by atoms with van der Waals surface area (Å²) in [6, 6.07) is 5.01. The summed E-state index contributed by atoms with van der Waals surface area (Å²) in [5.74, 6) is -0.836. The van der Waals surface area contributed by atoms with Crippen LogP contribution in [0.2, 0.25) is 0 Å². The molecule has 0 aliphatic heterocycles. The first-order valence-electron chi connectivity index (χ1n) is 6.02. The summed E-state index contributed by atoms with van der Waals surface area (Å²) in [7, 11) is 0. The molecule has 2 rings (SSSR count).